The zero-order valence-electron chi connectivity index (χ0n) is 9.90. The lowest BCUT2D eigenvalue weighted by Crippen LogP contribution is -2.31. The Bertz CT molecular complexity index is 560. The summed E-state index contributed by atoms with van der Waals surface area (Å²) in [6, 6.07) is 3.91. The molecule has 0 fully saturated rings. The molecule has 18 heavy (non-hydrogen) atoms. The highest BCUT2D eigenvalue weighted by Gasteiger charge is 2.11. The third-order valence-corrected chi connectivity index (χ3v) is 2.86. The van der Waals surface area contributed by atoms with Gasteiger partial charge in [-0.25, -0.2) is 12.8 Å². The van der Waals surface area contributed by atoms with Crippen LogP contribution in [0.5, 0.6) is 0 Å². The molecule has 1 atom stereocenters. The highest BCUT2D eigenvalue weighted by molar-refractivity contribution is 7.92. The molecule has 0 aliphatic rings. The van der Waals surface area contributed by atoms with Crippen LogP contribution in [0.25, 0.3) is 0 Å². The van der Waals surface area contributed by atoms with Crippen molar-refractivity contribution in [3.05, 3.63) is 29.6 Å². The maximum Gasteiger partial charge on any atom is 0.229 e. The first-order valence-electron chi connectivity index (χ1n) is 5.02. The van der Waals surface area contributed by atoms with Crippen molar-refractivity contribution in [2.45, 2.75) is 13.0 Å². The van der Waals surface area contributed by atoms with Gasteiger partial charge >= 0.3 is 0 Å². The Balaban J connectivity index is 2.95. The number of benzene rings is 1. The summed E-state index contributed by atoms with van der Waals surface area (Å²) in [6.07, 6.45) is 0.956. The second-order valence-corrected chi connectivity index (χ2v) is 6.03. The van der Waals surface area contributed by atoms with Gasteiger partial charge in [-0.15, -0.1) is 0 Å². The normalized spacial score (nSPS) is 12.8. The van der Waals surface area contributed by atoms with Crippen LogP contribution in [0.2, 0.25) is 0 Å². The Morgan fingerprint density at radius 1 is 1.50 bits per heavy atom. The molecule has 4 N–H and O–H groups in total. The second-order valence-electron chi connectivity index (χ2n) is 3.84. The fourth-order valence-electron chi connectivity index (χ4n) is 1.38. The molecule has 0 bridgehead atoms. The lowest BCUT2D eigenvalue weighted by atomic mass is 10.1. The fraction of sp³-hybridized carbons (Fsp3) is 0.300. The highest BCUT2D eigenvalue weighted by Crippen LogP contribution is 2.20. The highest BCUT2D eigenvalue weighted by atomic mass is 32.2. The van der Waals surface area contributed by atoms with E-state index >= 15 is 0 Å². The predicted octanol–water partition coefficient (Wildman–Crippen LogP) is 1.09. The molecule has 1 aromatic carbocycles. The van der Waals surface area contributed by atoms with Crippen LogP contribution < -0.4 is 15.8 Å². The Morgan fingerprint density at radius 3 is 2.56 bits per heavy atom. The van der Waals surface area contributed by atoms with Crippen LogP contribution >= 0.6 is 12.2 Å². The van der Waals surface area contributed by atoms with Gasteiger partial charge in [0.1, 0.15) is 5.82 Å². The molecule has 0 spiro atoms. The second kappa shape index (κ2) is 5.49. The van der Waals surface area contributed by atoms with E-state index in [2.05, 4.69) is 22.3 Å². The van der Waals surface area contributed by atoms with Crippen LogP contribution in [0.4, 0.5) is 10.1 Å². The summed E-state index contributed by atoms with van der Waals surface area (Å²) in [5, 5.41) is 2.87. The van der Waals surface area contributed by atoms with Crippen LogP contribution in [0.15, 0.2) is 18.2 Å². The van der Waals surface area contributed by atoms with E-state index in [-0.39, 0.29) is 16.8 Å². The molecule has 0 heterocycles. The molecular formula is C10H14FN3O2S2. The van der Waals surface area contributed by atoms with E-state index in [9.17, 15) is 12.8 Å². The van der Waals surface area contributed by atoms with Gasteiger partial charge in [0.15, 0.2) is 5.11 Å². The molecule has 1 rings (SSSR count). The zero-order valence-corrected chi connectivity index (χ0v) is 11.5. The molecular weight excluding hydrogens is 277 g/mol. The summed E-state index contributed by atoms with van der Waals surface area (Å²) in [5.74, 6) is -0.658. The third kappa shape index (κ3) is 4.46. The molecule has 0 aliphatic carbocycles. The number of rotatable bonds is 4. The van der Waals surface area contributed by atoms with Gasteiger partial charge in [-0.05, 0) is 36.8 Å². The topological polar surface area (TPSA) is 84.2 Å². The molecule has 0 amide bonds. The van der Waals surface area contributed by atoms with Crippen molar-refractivity contribution in [1.82, 2.24) is 5.32 Å². The summed E-state index contributed by atoms with van der Waals surface area (Å²) < 4.78 is 37.7. The number of sulfonamides is 1. The molecule has 0 aromatic heterocycles. The van der Waals surface area contributed by atoms with Gasteiger partial charge in [0.25, 0.3) is 0 Å². The van der Waals surface area contributed by atoms with E-state index in [0.29, 0.717) is 5.56 Å². The quantitative estimate of drug-likeness (QED) is 0.723. The smallest absolute Gasteiger partial charge is 0.229 e. The molecule has 5 nitrogen and oxygen atoms in total. The predicted molar refractivity (Wildman–Crippen MR) is 73.2 cm³/mol. The van der Waals surface area contributed by atoms with Crippen LogP contribution in [-0.4, -0.2) is 19.8 Å². The van der Waals surface area contributed by atoms with E-state index in [1.807, 2.05) is 0 Å². The minimum atomic E-state index is -3.50. The first kappa shape index (κ1) is 14.7. The van der Waals surface area contributed by atoms with Gasteiger partial charge in [-0.2, -0.15) is 0 Å². The standard InChI is InChI=1S/C10H14FN3O2S2/c1-6(13-10(12)17)7-3-4-9(8(11)5-7)14-18(2,15)16/h3-6,14H,1-2H3,(H3,12,13,17)/t6-/m0/s1. The van der Waals surface area contributed by atoms with Crippen molar-refractivity contribution in [2.75, 3.05) is 11.0 Å². The molecule has 0 radical (unpaired) electrons. The average Bonchev–Trinajstić information content (AvgIpc) is 2.18. The van der Waals surface area contributed by atoms with Crippen molar-refractivity contribution in [1.29, 1.82) is 0 Å². The molecule has 8 heteroatoms. The first-order chi connectivity index (χ1) is 8.19. The lowest BCUT2D eigenvalue weighted by Gasteiger charge is -2.15. The van der Waals surface area contributed by atoms with Crippen LogP contribution in [0, 0.1) is 5.82 Å². The Hall–Kier alpha value is -1.41. The van der Waals surface area contributed by atoms with E-state index < -0.39 is 15.8 Å². The largest absolute Gasteiger partial charge is 0.376 e. The zero-order chi connectivity index (χ0) is 13.9. The molecule has 0 unspecified atom stereocenters. The number of nitrogens with one attached hydrogen (secondary N) is 2. The summed E-state index contributed by atoms with van der Waals surface area (Å²) in [6.45, 7) is 1.76. The van der Waals surface area contributed by atoms with Crippen molar-refractivity contribution in [3.8, 4) is 0 Å². The molecule has 0 aliphatic heterocycles. The summed E-state index contributed by atoms with van der Waals surface area (Å²) >= 11 is 4.68. The number of hydrogen-bond acceptors (Lipinski definition) is 3. The van der Waals surface area contributed by atoms with E-state index in [1.54, 1.807) is 13.0 Å². The maximum atomic E-state index is 13.7. The average molecular weight is 291 g/mol. The van der Waals surface area contributed by atoms with Crippen molar-refractivity contribution in [2.24, 2.45) is 5.73 Å². The lowest BCUT2D eigenvalue weighted by molar-refractivity contribution is 0.602. The Morgan fingerprint density at radius 2 is 2.11 bits per heavy atom. The molecule has 0 saturated heterocycles. The van der Waals surface area contributed by atoms with Gasteiger partial charge in [0, 0.05) is 0 Å². The van der Waals surface area contributed by atoms with Crippen LogP contribution in [0.1, 0.15) is 18.5 Å². The SMILES string of the molecule is C[C@H](NC(N)=S)c1ccc(NS(C)(=O)=O)c(F)c1. The summed E-state index contributed by atoms with van der Waals surface area (Å²) in [7, 11) is -3.50. The Kier molecular flexibility index (Phi) is 4.47. The van der Waals surface area contributed by atoms with Gasteiger partial charge in [-0.3, -0.25) is 4.72 Å². The minimum Gasteiger partial charge on any atom is -0.376 e. The maximum absolute atomic E-state index is 13.7. The van der Waals surface area contributed by atoms with Gasteiger partial charge < -0.3 is 11.1 Å². The number of halogens is 1. The van der Waals surface area contributed by atoms with E-state index in [1.165, 1.54) is 12.1 Å². The van der Waals surface area contributed by atoms with Crippen LogP contribution in [-0.2, 0) is 10.0 Å². The Labute approximate surface area is 111 Å². The number of anilines is 1. The van der Waals surface area contributed by atoms with Crippen molar-refractivity contribution >= 4 is 33.0 Å². The molecule has 100 valence electrons. The van der Waals surface area contributed by atoms with Crippen LogP contribution in [0.3, 0.4) is 0 Å². The van der Waals surface area contributed by atoms with Gasteiger partial charge in [0.05, 0.1) is 18.0 Å². The fourth-order valence-corrected chi connectivity index (χ4v) is 2.12. The van der Waals surface area contributed by atoms with E-state index in [0.717, 1.165) is 6.26 Å². The number of thiocarbonyl (C=S) groups is 1. The van der Waals surface area contributed by atoms with Gasteiger partial charge in [0.2, 0.25) is 10.0 Å². The van der Waals surface area contributed by atoms with Gasteiger partial charge in [-0.1, -0.05) is 6.07 Å². The molecule has 1 aromatic rings. The minimum absolute atomic E-state index is 0.0937. The first-order valence-corrected chi connectivity index (χ1v) is 7.32. The van der Waals surface area contributed by atoms with Crippen molar-refractivity contribution < 1.29 is 12.8 Å². The number of hydrogen-bond donors (Lipinski definition) is 3. The van der Waals surface area contributed by atoms with E-state index in [4.69, 9.17) is 5.73 Å². The number of nitrogens with two attached hydrogens (primary N) is 1. The third-order valence-electron chi connectivity index (χ3n) is 2.15. The summed E-state index contributed by atoms with van der Waals surface area (Å²) in [4.78, 5) is 0. The monoisotopic (exact) mass is 291 g/mol. The summed E-state index contributed by atoms with van der Waals surface area (Å²) in [5.41, 5.74) is 5.83. The molecule has 0 saturated carbocycles. The van der Waals surface area contributed by atoms with Crippen molar-refractivity contribution in [3.63, 3.8) is 0 Å².